The van der Waals surface area contributed by atoms with Gasteiger partial charge in [0.2, 0.25) is 5.91 Å². The molecule has 5 heteroatoms. The van der Waals surface area contributed by atoms with Gasteiger partial charge in [-0.15, -0.1) is 11.8 Å². The highest BCUT2D eigenvalue weighted by Crippen LogP contribution is 2.22. The molecule has 2 saturated heterocycles. The molecule has 24 heavy (non-hydrogen) atoms. The monoisotopic (exact) mass is 348 g/mol. The Hall–Kier alpha value is -1.04. The number of thioether (sulfide) groups is 1. The van der Waals surface area contributed by atoms with E-state index in [0.29, 0.717) is 12.5 Å². The van der Waals surface area contributed by atoms with E-state index in [-0.39, 0.29) is 12.0 Å². The van der Waals surface area contributed by atoms with Crippen LogP contribution in [0, 0.1) is 0 Å². The second kappa shape index (κ2) is 8.37. The summed E-state index contributed by atoms with van der Waals surface area (Å²) in [5.41, 5.74) is 1.11. The first-order valence-electron chi connectivity index (χ1n) is 8.98. The van der Waals surface area contributed by atoms with Crippen molar-refractivity contribution in [3.63, 3.8) is 0 Å². The Morgan fingerprint density at radius 1 is 1.17 bits per heavy atom. The lowest BCUT2D eigenvalue weighted by atomic mass is 9.98. The van der Waals surface area contributed by atoms with Gasteiger partial charge in [-0.1, -0.05) is 12.1 Å². The highest BCUT2D eigenvalue weighted by molar-refractivity contribution is 7.98. The minimum absolute atomic E-state index is 0.111. The van der Waals surface area contributed by atoms with E-state index in [1.165, 1.54) is 4.90 Å². The van der Waals surface area contributed by atoms with Crippen molar-refractivity contribution in [2.75, 3.05) is 32.4 Å². The molecule has 0 unspecified atom stereocenters. The molecule has 1 amide bonds. The number of hydrogen-bond acceptors (Lipinski definition) is 4. The molecule has 2 aliphatic rings. The van der Waals surface area contributed by atoms with Crippen LogP contribution in [0.15, 0.2) is 29.2 Å². The van der Waals surface area contributed by atoms with Crippen molar-refractivity contribution in [2.24, 2.45) is 0 Å². The zero-order chi connectivity index (χ0) is 16.9. The molecule has 1 N–H and O–H groups in total. The van der Waals surface area contributed by atoms with Crippen LogP contribution in [0.1, 0.15) is 31.2 Å². The second-order valence-electron chi connectivity index (χ2n) is 6.91. The Bertz CT molecular complexity index is 550. The molecule has 2 aliphatic heterocycles. The summed E-state index contributed by atoms with van der Waals surface area (Å²) < 4.78 is 0. The number of carbonyl (C=O) groups is 1. The fourth-order valence-electron chi connectivity index (χ4n) is 3.80. The smallest absolute Gasteiger partial charge is 0.226 e. The van der Waals surface area contributed by atoms with Crippen LogP contribution < -0.4 is 0 Å². The fraction of sp³-hybridized carbons (Fsp3) is 0.632. The lowest BCUT2D eigenvalue weighted by molar-refractivity contribution is -0.132. The Balaban J connectivity index is 1.48. The summed E-state index contributed by atoms with van der Waals surface area (Å²) in [4.78, 5) is 18.3. The maximum atomic E-state index is 12.6. The third-order valence-corrected chi connectivity index (χ3v) is 6.05. The van der Waals surface area contributed by atoms with Gasteiger partial charge in [0.05, 0.1) is 12.5 Å². The van der Waals surface area contributed by atoms with E-state index in [2.05, 4.69) is 23.3 Å². The molecule has 2 fully saturated rings. The SMILES string of the molecule is CSc1cccc(CC(=O)N2CCC(N3CCC(O)CC3)CC2)c1. The Morgan fingerprint density at radius 2 is 1.88 bits per heavy atom. The lowest BCUT2D eigenvalue weighted by Crippen LogP contribution is -2.49. The average Bonchev–Trinajstić information content (AvgIpc) is 2.62. The number of hydrogen-bond donors (Lipinski definition) is 1. The molecule has 1 aromatic rings. The first-order chi connectivity index (χ1) is 11.7. The Kier molecular flexibility index (Phi) is 6.19. The summed E-state index contributed by atoms with van der Waals surface area (Å²) in [6.45, 7) is 3.73. The van der Waals surface area contributed by atoms with Gasteiger partial charge in [-0.2, -0.15) is 0 Å². The fourth-order valence-corrected chi connectivity index (χ4v) is 4.28. The number of aliphatic hydroxyl groups is 1. The molecule has 0 spiro atoms. The van der Waals surface area contributed by atoms with Gasteiger partial charge in [-0.3, -0.25) is 4.79 Å². The van der Waals surface area contributed by atoms with Crippen molar-refractivity contribution in [1.29, 1.82) is 0 Å². The zero-order valence-electron chi connectivity index (χ0n) is 14.5. The Morgan fingerprint density at radius 3 is 2.54 bits per heavy atom. The van der Waals surface area contributed by atoms with Crippen LogP contribution in [0.5, 0.6) is 0 Å². The summed E-state index contributed by atoms with van der Waals surface area (Å²) in [6, 6.07) is 8.87. The molecular formula is C19H28N2O2S. The molecule has 0 saturated carbocycles. The van der Waals surface area contributed by atoms with E-state index in [1.807, 2.05) is 17.0 Å². The lowest BCUT2D eigenvalue weighted by Gasteiger charge is -2.41. The van der Waals surface area contributed by atoms with Crippen LogP contribution in [0.3, 0.4) is 0 Å². The first kappa shape index (κ1) is 17.8. The number of piperidine rings is 2. The first-order valence-corrected chi connectivity index (χ1v) is 10.2. The zero-order valence-corrected chi connectivity index (χ0v) is 15.3. The average molecular weight is 349 g/mol. The molecule has 2 heterocycles. The predicted octanol–water partition coefficient (Wildman–Crippen LogP) is 2.40. The summed E-state index contributed by atoms with van der Waals surface area (Å²) >= 11 is 1.71. The minimum atomic E-state index is -0.111. The van der Waals surface area contributed by atoms with Gasteiger partial charge in [-0.25, -0.2) is 0 Å². The topological polar surface area (TPSA) is 43.8 Å². The molecule has 0 aromatic heterocycles. The molecule has 0 radical (unpaired) electrons. The van der Waals surface area contributed by atoms with Gasteiger partial charge in [0.1, 0.15) is 0 Å². The van der Waals surface area contributed by atoms with Crippen molar-refractivity contribution in [2.45, 2.75) is 49.1 Å². The summed E-state index contributed by atoms with van der Waals surface area (Å²) in [6.07, 6.45) is 6.37. The number of amides is 1. The summed E-state index contributed by atoms with van der Waals surface area (Å²) in [5, 5.41) is 9.64. The van der Waals surface area contributed by atoms with Crippen molar-refractivity contribution in [3.05, 3.63) is 29.8 Å². The van der Waals surface area contributed by atoms with Gasteiger partial charge >= 0.3 is 0 Å². The van der Waals surface area contributed by atoms with E-state index in [1.54, 1.807) is 11.8 Å². The maximum absolute atomic E-state index is 12.6. The molecule has 0 aliphatic carbocycles. The highest BCUT2D eigenvalue weighted by Gasteiger charge is 2.29. The Labute approximate surface area is 149 Å². The molecule has 0 bridgehead atoms. The van der Waals surface area contributed by atoms with Crippen LogP contribution in [-0.4, -0.2) is 65.4 Å². The van der Waals surface area contributed by atoms with E-state index in [0.717, 1.165) is 57.4 Å². The molecule has 1 aromatic carbocycles. The minimum Gasteiger partial charge on any atom is -0.393 e. The number of aliphatic hydroxyl groups excluding tert-OH is 1. The van der Waals surface area contributed by atoms with Crippen LogP contribution in [0.4, 0.5) is 0 Å². The second-order valence-corrected chi connectivity index (χ2v) is 7.79. The van der Waals surface area contributed by atoms with E-state index in [9.17, 15) is 9.90 Å². The van der Waals surface area contributed by atoms with Crippen molar-refractivity contribution in [1.82, 2.24) is 9.80 Å². The van der Waals surface area contributed by atoms with Gasteiger partial charge in [0.25, 0.3) is 0 Å². The predicted molar refractivity (Wildman–Crippen MR) is 98.3 cm³/mol. The highest BCUT2D eigenvalue weighted by atomic mass is 32.2. The van der Waals surface area contributed by atoms with E-state index >= 15 is 0 Å². The van der Waals surface area contributed by atoms with Crippen molar-refractivity contribution >= 4 is 17.7 Å². The summed E-state index contributed by atoms with van der Waals surface area (Å²) in [5.74, 6) is 0.251. The molecular weight excluding hydrogens is 320 g/mol. The summed E-state index contributed by atoms with van der Waals surface area (Å²) in [7, 11) is 0. The van der Waals surface area contributed by atoms with Crippen LogP contribution in [0.2, 0.25) is 0 Å². The largest absolute Gasteiger partial charge is 0.393 e. The number of nitrogens with zero attached hydrogens (tertiary/aromatic N) is 2. The van der Waals surface area contributed by atoms with Gasteiger partial charge in [-0.05, 0) is 49.6 Å². The van der Waals surface area contributed by atoms with Crippen molar-refractivity contribution in [3.8, 4) is 0 Å². The normalized spacial score (nSPS) is 21.2. The molecule has 0 atom stereocenters. The van der Waals surface area contributed by atoms with Gasteiger partial charge in [0.15, 0.2) is 0 Å². The third-order valence-electron chi connectivity index (χ3n) is 5.32. The number of benzene rings is 1. The number of carbonyl (C=O) groups excluding carboxylic acids is 1. The van der Waals surface area contributed by atoms with Crippen LogP contribution >= 0.6 is 11.8 Å². The van der Waals surface area contributed by atoms with Crippen molar-refractivity contribution < 1.29 is 9.90 Å². The molecule has 3 rings (SSSR count). The van der Waals surface area contributed by atoms with E-state index in [4.69, 9.17) is 0 Å². The van der Waals surface area contributed by atoms with E-state index < -0.39 is 0 Å². The van der Waals surface area contributed by atoms with Gasteiger partial charge in [0, 0.05) is 37.1 Å². The molecule has 132 valence electrons. The molecule has 4 nitrogen and oxygen atoms in total. The number of likely N-dealkylation sites (tertiary alicyclic amines) is 2. The van der Waals surface area contributed by atoms with Crippen LogP contribution in [-0.2, 0) is 11.2 Å². The van der Waals surface area contributed by atoms with Crippen LogP contribution in [0.25, 0.3) is 0 Å². The standard InChI is InChI=1S/C19H28N2O2S/c1-24-18-4-2-3-15(13-18)14-19(23)21-9-5-16(6-10-21)20-11-7-17(22)8-12-20/h2-4,13,16-17,22H,5-12,14H2,1H3. The van der Waals surface area contributed by atoms with Gasteiger partial charge < -0.3 is 14.9 Å². The quantitative estimate of drug-likeness (QED) is 0.849. The number of rotatable bonds is 4. The third kappa shape index (κ3) is 4.52. The maximum Gasteiger partial charge on any atom is 0.226 e.